The molecule has 1 N–H and O–H groups in total. The molecule has 2 aliphatic rings. The maximum absolute atomic E-state index is 12.6. The Kier molecular flexibility index (Phi) is 7.81. The van der Waals surface area contributed by atoms with Gasteiger partial charge in [0.1, 0.15) is 10.4 Å². The van der Waals surface area contributed by atoms with Crippen LogP contribution in [-0.4, -0.2) is 56.1 Å². The Morgan fingerprint density at radius 3 is 2.73 bits per heavy atom. The van der Waals surface area contributed by atoms with Gasteiger partial charge in [-0.1, -0.05) is 66.5 Å². The Morgan fingerprint density at radius 1 is 1.23 bits per heavy atom. The molecule has 2 aliphatic heterocycles. The van der Waals surface area contributed by atoms with E-state index in [1.54, 1.807) is 6.08 Å². The molecule has 0 saturated carbocycles. The van der Waals surface area contributed by atoms with Gasteiger partial charge in [0.15, 0.2) is 0 Å². The Balaban J connectivity index is 1.52. The monoisotopic (exact) mass is 444 g/mol. The van der Waals surface area contributed by atoms with Crippen LogP contribution in [0.4, 0.5) is 0 Å². The number of nitrogens with zero attached hydrogens (tertiary/aromatic N) is 2. The number of thioether (sulfide) groups is 1. The number of hydrogen-bond donors (Lipinski definition) is 1. The fourth-order valence-electron chi connectivity index (χ4n) is 3.54. The van der Waals surface area contributed by atoms with Crippen molar-refractivity contribution in [3.05, 3.63) is 53.0 Å². The number of benzene rings is 1. The van der Waals surface area contributed by atoms with Crippen molar-refractivity contribution >= 4 is 52.2 Å². The fourth-order valence-corrected chi connectivity index (χ4v) is 4.80. The van der Waals surface area contributed by atoms with Gasteiger partial charge in [0, 0.05) is 19.5 Å². The van der Waals surface area contributed by atoms with Gasteiger partial charge in [-0.2, -0.15) is 0 Å². The van der Waals surface area contributed by atoms with Gasteiger partial charge in [0.05, 0.1) is 4.91 Å². The molecule has 3 rings (SSSR count). The number of carboxylic acid groups (broad SMARTS) is 1. The van der Waals surface area contributed by atoms with Crippen LogP contribution in [0.2, 0.25) is 0 Å². The summed E-state index contributed by atoms with van der Waals surface area (Å²) in [5.41, 5.74) is 1.04. The molecule has 0 aromatic heterocycles. The van der Waals surface area contributed by atoms with Crippen molar-refractivity contribution in [3.8, 4) is 0 Å². The minimum atomic E-state index is -0.950. The molecule has 0 aliphatic carbocycles. The number of carbonyl (C=O) groups excluding carboxylic acids is 2. The third kappa shape index (κ3) is 5.58. The molecule has 2 saturated heterocycles. The Labute approximate surface area is 185 Å². The molecule has 2 heterocycles. The van der Waals surface area contributed by atoms with Crippen LogP contribution < -0.4 is 0 Å². The third-order valence-electron chi connectivity index (χ3n) is 5.09. The largest absolute Gasteiger partial charge is 0.480 e. The van der Waals surface area contributed by atoms with Crippen LogP contribution in [0.5, 0.6) is 0 Å². The number of thiocarbonyl (C=S) groups is 1. The third-order valence-corrected chi connectivity index (χ3v) is 6.49. The normalized spacial score (nSPS) is 21.1. The van der Waals surface area contributed by atoms with Crippen molar-refractivity contribution in [2.45, 2.75) is 38.1 Å². The van der Waals surface area contributed by atoms with E-state index in [0.717, 1.165) is 18.4 Å². The Morgan fingerprint density at radius 2 is 2.00 bits per heavy atom. The average molecular weight is 445 g/mol. The van der Waals surface area contributed by atoms with Crippen molar-refractivity contribution in [3.63, 3.8) is 0 Å². The highest BCUT2D eigenvalue weighted by Gasteiger charge is 2.33. The molecular formula is C22H24N2O4S2. The van der Waals surface area contributed by atoms with E-state index in [0.29, 0.717) is 35.2 Å². The van der Waals surface area contributed by atoms with E-state index in [4.69, 9.17) is 12.2 Å². The predicted octanol–water partition coefficient (Wildman–Crippen LogP) is 3.69. The minimum absolute atomic E-state index is 0.156. The minimum Gasteiger partial charge on any atom is -0.480 e. The summed E-state index contributed by atoms with van der Waals surface area (Å²) in [4.78, 5) is 40.0. The first-order valence-corrected chi connectivity index (χ1v) is 11.2. The highest BCUT2D eigenvalue weighted by atomic mass is 32.2. The summed E-state index contributed by atoms with van der Waals surface area (Å²) in [6.07, 6.45) is 8.29. The highest BCUT2D eigenvalue weighted by Crippen LogP contribution is 2.31. The summed E-state index contributed by atoms with van der Waals surface area (Å²) in [6, 6.07) is 9.06. The smallest absolute Gasteiger partial charge is 0.326 e. The molecule has 1 aromatic carbocycles. The second-order valence-corrected chi connectivity index (χ2v) is 8.84. The van der Waals surface area contributed by atoms with Gasteiger partial charge >= 0.3 is 5.97 Å². The van der Waals surface area contributed by atoms with Gasteiger partial charge in [-0.15, -0.1) is 0 Å². The zero-order chi connectivity index (χ0) is 21.5. The van der Waals surface area contributed by atoms with Crippen LogP contribution in [0.25, 0.3) is 6.08 Å². The van der Waals surface area contributed by atoms with E-state index in [9.17, 15) is 19.5 Å². The van der Waals surface area contributed by atoms with Gasteiger partial charge < -0.3 is 10.0 Å². The second-order valence-electron chi connectivity index (χ2n) is 7.17. The average Bonchev–Trinajstić information content (AvgIpc) is 3.02. The zero-order valence-corrected chi connectivity index (χ0v) is 18.2. The maximum Gasteiger partial charge on any atom is 0.326 e. The molecule has 8 heteroatoms. The molecule has 158 valence electrons. The van der Waals surface area contributed by atoms with Gasteiger partial charge in [-0.05, 0) is 37.3 Å². The van der Waals surface area contributed by atoms with E-state index in [2.05, 4.69) is 0 Å². The molecule has 2 fully saturated rings. The summed E-state index contributed by atoms with van der Waals surface area (Å²) in [6.45, 7) is 0.828. The van der Waals surface area contributed by atoms with Gasteiger partial charge in [0.25, 0.3) is 5.91 Å². The van der Waals surface area contributed by atoms with E-state index < -0.39 is 12.0 Å². The number of amides is 2. The number of likely N-dealkylation sites (tertiary alicyclic amines) is 1. The molecule has 2 amide bonds. The second kappa shape index (κ2) is 10.5. The number of aliphatic carboxylic acids is 1. The summed E-state index contributed by atoms with van der Waals surface area (Å²) < 4.78 is 0.480. The van der Waals surface area contributed by atoms with Crippen LogP contribution in [-0.2, 0) is 14.4 Å². The summed E-state index contributed by atoms with van der Waals surface area (Å²) >= 11 is 6.58. The van der Waals surface area contributed by atoms with Gasteiger partial charge in [0.2, 0.25) is 5.91 Å². The fraction of sp³-hybridized carbons (Fsp3) is 0.364. The van der Waals surface area contributed by atoms with Crippen LogP contribution >= 0.6 is 24.0 Å². The predicted molar refractivity (Wildman–Crippen MR) is 122 cm³/mol. The van der Waals surface area contributed by atoms with E-state index in [1.807, 2.05) is 42.5 Å². The maximum atomic E-state index is 12.6. The standard InChI is InChI=1S/C22H24N2O4S2/c25-19(23-14-5-4-11-17(23)21(27)28)13-7-15-24-20(26)18(30-22(24)29)12-6-10-16-8-2-1-3-9-16/h1-3,6,8-10,12,17H,4-5,7,11,13-15H2,(H,27,28). The van der Waals surface area contributed by atoms with Crippen molar-refractivity contribution < 1.29 is 19.5 Å². The van der Waals surface area contributed by atoms with E-state index in [-0.39, 0.29) is 18.2 Å². The first kappa shape index (κ1) is 22.2. The molecule has 30 heavy (non-hydrogen) atoms. The number of carbonyl (C=O) groups is 3. The molecule has 6 nitrogen and oxygen atoms in total. The first-order chi connectivity index (χ1) is 14.5. The van der Waals surface area contributed by atoms with Crippen LogP contribution in [0.15, 0.2) is 47.4 Å². The van der Waals surface area contributed by atoms with Gasteiger partial charge in [-0.3, -0.25) is 14.5 Å². The Hall–Kier alpha value is -2.45. The lowest BCUT2D eigenvalue weighted by atomic mass is 10.0. The summed E-state index contributed by atoms with van der Waals surface area (Å²) in [7, 11) is 0. The molecule has 0 spiro atoms. The van der Waals surface area contributed by atoms with E-state index in [1.165, 1.54) is 21.6 Å². The Bertz CT molecular complexity index is 882. The van der Waals surface area contributed by atoms with Crippen molar-refractivity contribution in [2.75, 3.05) is 13.1 Å². The highest BCUT2D eigenvalue weighted by molar-refractivity contribution is 8.26. The first-order valence-electron chi connectivity index (χ1n) is 9.97. The van der Waals surface area contributed by atoms with Crippen molar-refractivity contribution in [2.24, 2.45) is 0 Å². The molecule has 1 unspecified atom stereocenters. The molecule has 0 radical (unpaired) electrons. The molecule has 1 atom stereocenters. The SMILES string of the molecule is O=C(O)C1CCCCN1C(=O)CCCN1C(=O)C(=CC=Cc2ccccc2)SC1=S. The summed E-state index contributed by atoms with van der Waals surface area (Å²) in [5.74, 6) is -1.28. The van der Waals surface area contributed by atoms with Crippen LogP contribution in [0, 0.1) is 0 Å². The number of carboxylic acids is 1. The lowest BCUT2D eigenvalue weighted by Gasteiger charge is -2.33. The quantitative estimate of drug-likeness (QED) is 0.511. The zero-order valence-electron chi connectivity index (χ0n) is 16.5. The van der Waals surface area contributed by atoms with Gasteiger partial charge in [-0.25, -0.2) is 4.79 Å². The molecule has 0 bridgehead atoms. The topological polar surface area (TPSA) is 77.9 Å². The number of allylic oxidation sites excluding steroid dienone is 2. The molecule has 1 aromatic rings. The van der Waals surface area contributed by atoms with Crippen LogP contribution in [0.1, 0.15) is 37.7 Å². The number of hydrogen-bond acceptors (Lipinski definition) is 5. The van der Waals surface area contributed by atoms with E-state index >= 15 is 0 Å². The van der Waals surface area contributed by atoms with Crippen molar-refractivity contribution in [1.82, 2.24) is 9.80 Å². The molecular weight excluding hydrogens is 420 g/mol. The lowest BCUT2D eigenvalue weighted by Crippen LogP contribution is -2.48. The van der Waals surface area contributed by atoms with Crippen LogP contribution in [0.3, 0.4) is 0 Å². The number of rotatable bonds is 7. The lowest BCUT2D eigenvalue weighted by molar-refractivity contribution is -0.152. The summed E-state index contributed by atoms with van der Waals surface area (Å²) in [5, 5.41) is 9.32. The van der Waals surface area contributed by atoms with Crippen molar-refractivity contribution in [1.29, 1.82) is 0 Å². The number of piperidine rings is 1.